The maximum Gasteiger partial charge on any atom is 0.343 e. The summed E-state index contributed by atoms with van der Waals surface area (Å²) in [5, 5.41) is 2.01. The SMILES string of the molecule is O=C(Oc1ccc2ccccc2c1)c1ccc(Cl)c(S(=O)(=O)N2CCc3ccccc32)c1. The number of benzene rings is 4. The maximum atomic E-state index is 13.4. The summed E-state index contributed by atoms with van der Waals surface area (Å²) in [7, 11) is -3.95. The van der Waals surface area contributed by atoms with Gasteiger partial charge in [0, 0.05) is 6.54 Å². The fourth-order valence-electron chi connectivity index (χ4n) is 3.90. The molecule has 0 N–H and O–H groups in total. The topological polar surface area (TPSA) is 63.7 Å². The van der Waals surface area contributed by atoms with Gasteiger partial charge in [0.05, 0.1) is 16.3 Å². The van der Waals surface area contributed by atoms with Crippen LogP contribution < -0.4 is 9.04 Å². The smallest absolute Gasteiger partial charge is 0.343 e. The summed E-state index contributed by atoms with van der Waals surface area (Å²) in [5.74, 6) is -0.281. The molecule has 5 rings (SSSR count). The number of halogens is 1. The summed E-state index contributed by atoms with van der Waals surface area (Å²) in [5.41, 5.74) is 1.69. The number of anilines is 1. The van der Waals surface area contributed by atoms with Gasteiger partial charge in [0.15, 0.2) is 0 Å². The van der Waals surface area contributed by atoms with Gasteiger partial charge >= 0.3 is 5.97 Å². The zero-order valence-corrected chi connectivity index (χ0v) is 18.4. The molecule has 1 aliphatic heterocycles. The molecule has 0 unspecified atom stereocenters. The molecule has 1 heterocycles. The molecule has 160 valence electrons. The van der Waals surface area contributed by atoms with Crippen molar-refractivity contribution in [2.75, 3.05) is 10.8 Å². The summed E-state index contributed by atoms with van der Waals surface area (Å²) >= 11 is 6.26. The fourth-order valence-corrected chi connectivity index (χ4v) is 5.91. The van der Waals surface area contributed by atoms with E-state index in [1.165, 1.54) is 22.5 Å². The quantitative estimate of drug-likeness (QED) is 0.297. The number of carbonyl (C=O) groups is 1. The Labute approximate surface area is 190 Å². The molecule has 1 aliphatic rings. The summed E-state index contributed by atoms with van der Waals surface area (Å²) in [4.78, 5) is 12.7. The summed E-state index contributed by atoms with van der Waals surface area (Å²) in [6, 6.07) is 24.6. The first-order valence-electron chi connectivity index (χ1n) is 10.0. The van der Waals surface area contributed by atoms with Crippen molar-refractivity contribution >= 4 is 44.1 Å². The van der Waals surface area contributed by atoms with Crippen LogP contribution in [-0.2, 0) is 16.4 Å². The van der Waals surface area contributed by atoms with Gasteiger partial charge in [-0.1, -0.05) is 60.1 Å². The molecular weight excluding hydrogens is 446 g/mol. The van der Waals surface area contributed by atoms with Crippen LogP contribution in [0.5, 0.6) is 5.75 Å². The van der Waals surface area contributed by atoms with Gasteiger partial charge in [0.1, 0.15) is 10.6 Å². The minimum atomic E-state index is -3.95. The van der Waals surface area contributed by atoms with E-state index in [-0.39, 0.29) is 15.5 Å². The Hall–Kier alpha value is -3.35. The molecule has 0 bridgehead atoms. The number of hydrogen-bond donors (Lipinski definition) is 0. The second-order valence-electron chi connectivity index (χ2n) is 7.50. The Bertz CT molecular complexity index is 1470. The number of esters is 1. The zero-order chi connectivity index (χ0) is 22.3. The third-order valence-corrected chi connectivity index (χ3v) is 7.81. The lowest BCUT2D eigenvalue weighted by Gasteiger charge is -2.20. The van der Waals surface area contributed by atoms with E-state index in [2.05, 4.69) is 0 Å². The zero-order valence-electron chi connectivity index (χ0n) is 16.9. The second kappa shape index (κ2) is 7.97. The largest absolute Gasteiger partial charge is 0.423 e. The molecule has 0 aliphatic carbocycles. The van der Waals surface area contributed by atoms with Crippen molar-refractivity contribution < 1.29 is 17.9 Å². The molecule has 32 heavy (non-hydrogen) atoms. The van der Waals surface area contributed by atoms with Gasteiger partial charge in [-0.25, -0.2) is 13.2 Å². The third kappa shape index (κ3) is 3.61. The summed E-state index contributed by atoms with van der Waals surface area (Å²) in [6.45, 7) is 0.323. The Morgan fingerprint density at radius 3 is 2.47 bits per heavy atom. The number of ether oxygens (including phenoxy) is 1. The van der Waals surface area contributed by atoms with Crippen molar-refractivity contribution in [1.29, 1.82) is 0 Å². The van der Waals surface area contributed by atoms with E-state index in [0.29, 0.717) is 24.4 Å². The van der Waals surface area contributed by atoms with Crippen molar-refractivity contribution in [3.63, 3.8) is 0 Å². The Kier molecular flexibility index (Phi) is 5.12. The van der Waals surface area contributed by atoms with Crippen molar-refractivity contribution in [3.05, 3.63) is 101 Å². The number of sulfonamides is 1. The summed E-state index contributed by atoms with van der Waals surface area (Å²) < 4.78 is 33.6. The van der Waals surface area contributed by atoms with Crippen LogP contribution in [-0.4, -0.2) is 20.9 Å². The molecule has 4 aromatic carbocycles. The fraction of sp³-hybridized carbons (Fsp3) is 0.0800. The van der Waals surface area contributed by atoms with Crippen LogP contribution in [0.15, 0.2) is 89.8 Å². The van der Waals surface area contributed by atoms with E-state index in [1.807, 2.05) is 42.5 Å². The molecule has 0 spiro atoms. The number of rotatable bonds is 4. The van der Waals surface area contributed by atoms with E-state index in [1.54, 1.807) is 24.3 Å². The van der Waals surface area contributed by atoms with Crippen LogP contribution in [0.2, 0.25) is 5.02 Å². The Morgan fingerprint density at radius 2 is 1.62 bits per heavy atom. The van der Waals surface area contributed by atoms with Gasteiger partial charge in [-0.15, -0.1) is 0 Å². The monoisotopic (exact) mass is 463 g/mol. The molecule has 0 fully saturated rings. The van der Waals surface area contributed by atoms with E-state index >= 15 is 0 Å². The molecule has 0 saturated heterocycles. The van der Waals surface area contributed by atoms with Crippen LogP contribution in [0.3, 0.4) is 0 Å². The van der Waals surface area contributed by atoms with Crippen LogP contribution >= 0.6 is 11.6 Å². The van der Waals surface area contributed by atoms with Crippen LogP contribution in [0.4, 0.5) is 5.69 Å². The average molecular weight is 464 g/mol. The molecule has 5 nitrogen and oxygen atoms in total. The molecular formula is C25H18ClNO4S. The molecule has 7 heteroatoms. The van der Waals surface area contributed by atoms with Crippen LogP contribution in [0.25, 0.3) is 10.8 Å². The van der Waals surface area contributed by atoms with Crippen LogP contribution in [0.1, 0.15) is 15.9 Å². The molecule has 0 amide bonds. The lowest BCUT2D eigenvalue weighted by molar-refractivity contribution is 0.0734. The lowest BCUT2D eigenvalue weighted by atomic mass is 10.1. The highest BCUT2D eigenvalue weighted by Gasteiger charge is 2.32. The highest BCUT2D eigenvalue weighted by Crippen LogP contribution is 2.35. The Morgan fingerprint density at radius 1 is 0.875 bits per heavy atom. The van der Waals surface area contributed by atoms with Crippen molar-refractivity contribution in [2.24, 2.45) is 0 Å². The van der Waals surface area contributed by atoms with Crippen molar-refractivity contribution in [3.8, 4) is 5.75 Å². The van der Waals surface area contributed by atoms with Gasteiger partial charge in [0.2, 0.25) is 0 Å². The molecule has 0 atom stereocenters. The molecule has 0 aromatic heterocycles. The lowest BCUT2D eigenvalue weighted by Crippen LogP contribution is -2.29. The first-order valence-corrected chi connectivity index (χ1v) is 11.9. The minimum Gasteiger partial charge on any atom is -0.423 e. The number of nitrogens with zero attached hydrogens (tertiary/aromatic N) is 1. The minimum absolute atomic E-state index is 0.0524. The molecule has 0 radical (unpaired) electrons. The first kappa shape index (κ1) is 20.5. The van der Waals surface area contributed by atoms with Gasteiger partial charge in [-0.05, 0) is 59.2 Å². The van der Waals surface area contributed by atoms with Crippen molar-refractivity contribution in [2.45, 2.75) is 11.3 Å². The van der Waals surface area contributed by atoms with Gasteiger partial charge in [0.25, 0.3) is 10.0 Å². The van der Waals surface area contributed by atoms with Crippen molar-refractivity contribution in [1.82, 2.24) is 0 Å². The third-order valence-electron chi connectivity index (χ3n) is 5.51. The van der Waals surface area contributed by atoms with E-state index in [4.69, 9.17) is 16.3 Å². The molecule has 0 saturated carbocycles. The van der Waals surface area contributed by atoms with Gasteiger partial charge < -0.3 is 4.74 Å². The maximum absolute atomic E-state index is 13.4. The second-order valence-corrected chi connectivity index (χ2v) is 9.74. The van der Waals surface area contributed by atoms with E-state index in [0.717, 1.165) is 16.3 Å². The van der Waals surface area contributed by atoms with E-state index < -0.39 is 16.0 Å². The standard InChI is InChI=1S/C25H18ClNO4S/c26-22-12-10-20(25(28)31-21-11-9-17-5-1-2-7-19(17)15-21)16-24(22)32(29,30)27-14-13-18-6-3-4-8-23(18)27/h1-12,15-16H,13-14H2. The highest BCUT2D eigenvalue weighted by atomic mass is 35.5. The normalized spacial score (nSPS) is 13.2. The predicted octanol–water partition coefficient (Wildman–Crippen LogP) is 5.46. The number of para-hydroxylation sites is 1. The first-order chi connectivity index (χ1) is 15.4. The number of fused-ring (bicyclic) bond motifs is 2. The number of hydrogen-bond acceptors (Lipinski definition) is 4. The molecule has 4 aromatic rings. The average Bonchev–Trinajstić information content (AvgIpc) is 3.24. The predicted molar refractivity (Wildman–Crippen MR) is 125 cm³/mol. The summed E-state index contributed by atoms with van der Waals surface area (Å²) in [6.07, 6.45) is 0.622. The highest BCUT2D eigenvalue weighted by molar-refractivity contribution is 7.93. The van der Waals surface area contributed by atoms with E-state index in [9.17, 15) is 13.2 Å². The van der Waals surface area contributed by atoms with Crippen LogP contribution in [0, 0.1) is 0 Å². The van der Waals surface area contributed by atoms with Gasteiger partial charge in [-0.3, -0.25) is 4.31 Å². The Balaban J connectivity index is 1.46. The van der Waals surface area contributed by atoms with Gasteiger partial charge in [-0.2, -0.15) is 0 Å². The number of carbonyl (C=O) groups excluding carboxylic acids is 1.